The van der Waals surface area contributed by atoms with Gasteiger partial charge in [0.2, 0.25) is 0 Å². The van der Waals surface area contributed by atoms with Gasteiger partial charge in [-0.3, -0.25) is 24.1 Å². The number of para-hydroxylation sites is 1. The van der Waals surface area contributed by atoms with Crippen molar-refractivity contribution >= 4 is 29.4 Å². The van der Waals surface area contributed by atoms with E-state index in [0.29, 0.717) is 16.8 Å². The van der Waals surface area contributed by atoms with Gasteiger partial charge < -0.3 is 9.64 Å². The molecular formula is C22H22N2O5. The lowest BCUT2D eigenvalue weighted by atomic mass is 10.1. The number of ether oxygens (including phenoxy) is 1. The number of amides is 3. The summed E-state index contributed by atoms with van der Waals surface area (Å²) in [5.41, 5.74) is 1.46. The Morgan fingerprint density at radius 3 is 2.10 bits per heavy atom. The number of imide groups is 1. The molecule has 0 radical (unpaired) electrons. The fourth-order valence-electron chi connectivity index (χ4n) is 3.18. The van der Waals surface area contributed by atoms with E-state index < -0.39 is 12.1 Å². The number of benzene rings is 2. The largest absolute Gasteiger partial charge is 0.453 e. The van der Waals surface area contributed by atoms with Crippen LogP contribution in [0.4, 0.5) is 5.69 Å². The van der Waals surface area contributed by atoms with Crippen LogP contribution < -0.4 is 4.90 Å². The molecule has 0 unspecified atom stereocenters. The van der Waals surface area contributed by atoms with Crippen molar-refractivity contribution in [2.24, 2.45) is 0 Å². The summed E-state index contributed by atoms with van der Waals surface area (Å²) >= 11 is 0. The molecule has 1 heterocycles. The molecule has 0 fully saturated rings. The first-order valence-corrected chi connectivity index (χ1v) is 9.37. The van der Waals surface area contributed by atoms with Crippen molar-refractivity contribution in [1.29, 1.82) is 0 Å². The number of carbonyl (C=O) groups is 4. The smallest absolute Gasteiger partial charge is 0.306 e. The molecule has 0 spiro atoms. The summed E-state index contributed by atoms with van der Waals surface area (Å²) in [5.74, 6) is -1.60. The molecule has 0 aliphatic carbocycles. The SMILES string of the molecule is C[C@@H](OC(=O)CCCN1C(=O)c2ccccc2C1=O)C(=O)N(C)c1ccccc1. The monoisotopic (exact) mass is 394 g/mol. The van der Waals surface area contributed by atoms with E-state index in [1.807, 2.05) is 18.2 Å². The molecule has 0 bridgehead atoms. The van der Waals surface area contributed by atoms with Crippen LogP contribution in [0.3, 0.4) is 0 Å². The normalized spacial score (nSPS) is 13.8. The van der Waals surface area contributed by atoms with Crippen molar-refractivity contribution in [3.05, 3.63) is 65.7 Å². The van der Waals surface area contributed by atoms with Gasteiger partial charge in [-0.15, -0.1) is 0 Å². The van der Waals surface area contributed by atoms with Crippen LogP contribution in [0, 0.1) is 0 Å². The summed E-state index contributed by atoms with van der Waals surface area (Å²) in [7, 11) is 1.62. The quantitative estimate of drug-likeness (QED) is 0.533. The van der Waals surface area contributed by atoms with Crippen molar-refractivity contribution < 1.29 is 23.9 Å². The topological polar surface area (TPSA) is 84.0 Å². The Morgan fingerprint density at radius 2 is 1.52 bits per heavy atom. The molecule has 150 valence electrons. The van der Waals surface area contributed by atoms with Crippen molar-refractivity contribution in [3.63, 3.8) is 0 Å². The highest BCUT2D eigenvalue weighted by molar-refractivity contribution is 6.21. The zero-order valence-electron chi connectivity index (χ0n) is 16.3. The third-order valence-corrected chi connectivity index (χ3v) is 4.77. The minimum Gasteiger partial charge on any atom is -0.453 e. The second kappa shape index (κ2) is 8.68. The molecule has 1 aliphatic heterocycles. The first-order chi connectivity index (χ1) is 13.9. The zero-order valence-corrected chi connectivity index (χ0v) is 16.3. The molecule has 3 amide bonds. The first-order valence-electron chi connectivity index (χ1n) is 9.37. The molecule has 7 nitrogen and oxygen atoms in total. The number of anilines is 1. The maximum absolute atomic E-state index is 12.4. The highest BCUT2D eigenvalue weighted by Crippen LogP contribution is 2.22. The zero-order chi connectivity index (χ0) is 21.0. The maximum Gasteiger partial charge on any atom is 0.306 e. The molecule has 0 aromatic heterocycles. The Labute approximate surface area is 168 Å². The van der Waals surface area contributed by atoms with Gasteiger partial charge in [0, 0.05) is 25.7 Å². The molecule has 29 heavy (non-hydrogen) atoms. The average Bonchev–Trinajstić information content (AvgIpc) is 2.98. The molecule has 2 aromatic rings. The van der Waals surface area contributed by atoms with E-state index in [1.165, 1.54) is 11.8 Å². The van der Waals surface area contributed by atoms with Crippen molar-refractivity contribution in [2.45, 2.75) is 25.9 Å². The number of hydrogen-bond acceptors (Lipinski definition) is 5. The number of nitrogens with zero attached hydrogens (tertiary/aromatic N) is 2. The van der Waals surface area contributed by atoms with Gasteiger partial charge in [-0.1, -0.05) is 30.3 Å². The first kappa shape index (κ1) is 20.3. The third-order valence-electron chi connectivity index (χ3n) is 4.77. The van der Waals surface area contributed by atoms with E-state index in [2.05, 4.69) is 0 Å². The van der Waals surface area contributed by atoms with Crippen LogP contribution in [0.15, 0.2) is 54.6 Å². The van der Waals surface area contributed by atoms with E-state index >= 15 is 0 Å². The third kappa shape index (κ3) is 4.34. The van der Waals surface area contributed by atoms with E-state index in [-0.39, 0.29) is 37.1 Å². The molecule has 0 N–H and O–H groups in total. The van der Waals surface area contributed by atoms with E-state index in [1.54, 1.807) is 43.4 Å². The van der Waals surface area contributed by atoms with Gasteiger partial charge >= 0.3 is 5.97 Å². The Morgan fingerprint density at radius 1 is 0.966 bits per heavy atom. The van der Waals surface area contributed by atoms with Crippen LogP contribution in [0.25, 0.3) is 0 Å². The highest BCUT2D eigenvalue weighted by atomic mass is 16.5. The summed E-state index contributed by atoms with van der Waals surface area (Å²) in [6.07, 6.45) is -0.674. The molecule has 0 saturated carbocycles. The van der Waals surface area contributed by atoms with E-state index in [9.17, 15) is 19.2 Å². The second-order valence-electron chi connectivity index (χ2n) is 6.78. The molecule has 2 aromatic carbocycles. The average molecular weight is 394 g/mol. The van der Waals surface area contributed by atoms with Crippen molar-refractivity contribution in [2.75, 3.05) is 18.5 Å². The lowest BCUT2D eigenvalue weighted by Gasteiger charge is -2.21. The molecule has 3 rings (SSSR count). The lowest BCUT2D eigenvalue weighted by Crippen LogP contribution is -2.37. The minimum atomic E-state index is -0.938. The fraction of sp³-hybridized carbons (Fsp3) is 0.273. The van der Waals surface area contributed by atoms with Crippen LogP contribution in [0.5, 0.6) is 0 Å². The number of likely N-dealkylation sites (N-methyl/N-ethyl adjacent to an activating group) is 1. The van der Waals surface area contributed by atoms with Gasteiger partial charge in [0.15, 0.2) is 6.10 Å². The molecule has 1 atom stereocenters. The predicted octanol–water partition coefficient (Wildman–Crippen LogP) is 2.66. The van der Waals surface area contributed by atoms with Crippen LogP contribution in [0.1, 0.15) is 40.5 Å². The van der Waals surface area contributed by atoms with Crippen LogP contribution in [-0.4, -0.2) is 48.3 Å². The summed E-state index contributed by atoms with van der Waals surface area (Å²) in [4.78, 5) is 51.7. The van der Waals surface area contributed by atoms with Crippen molar-refractivity contribution in [1.82, 2.24) is 4.90 Å². The Kier molecular flexibility index (Phi) is 6.07. The van der Waals surface area contributed by atoms with Crippen LogP contribution in [-0.2, 0) is 14.3 Å². The second-order valence-corrected chi connectivity index (χ2v) is 6.78. The van der Waals surface area contributed by atoms with E-state index in [4.69, 9.17) is 4.74 Å². The van der Waals surface area contributed by atoms with Crippen LogP contribution in [0.2, 0.25) is 0 Å². The van der Waals surface area contributed by atoms with Gasteiger partial charge in [0.05, 0.1) is 11.1 Å². The highest BCUT2D eigenvalue weighted by Gasteiger charge is 2.34. The number of hydrogen-bond donors (Lipinski definition) is 0. The summed E-state index contributed by atoms with van der Waals surface area (Å²) in [6.45, 7) is 1.64. The number of rotatable bonds is 7. The van der Waals surface area contributed by atoms with Gasteiger partial charge in [0.1, 0.15) is 0 Å². The summed E-state index contributed by atoms with van der Waals surface area (Å²) in [6, 6.07) is 15.7. The molecule has 1 aliphatic rings. The Balaban J connectivity index is 1.47. The maximum atomic E-state index is 12.4. The van der Waals surface area contributed by atoms with Gasteiger partial charge in [-0.25, -0.2) is 0 Å². The number of carbonyl (C=O) groups excluding carboxylic acids is 4. The summed E-state index contributed by atoms with van der Waals surface area (Å²) in [5, 5.41) is 0. The lowest BCUT2D eigenvalue weighted by molar-refractivity contribution is -0.153. The standard InChI is InChI=1S/C22H22N2O5/c1-15(20(26)23(2)16-9-4-3-5-10-16)29-19(25)13-8-14-24-21(27)17-11-6-7-12-18(17)22(24)28/h3-7,9-12,15H,8,13-14H2,1-2H3/t15-/m1/s1. The van der Waals surface area contributed by atoms with Gasteiger partial charge in [0.25, 0.3) is 17.7 Å². The molecule has 0 saturated heterocycles. The number of fused-ring (bicyclic) bond motifs is 1. The fourth-order valence-corrected chi connectivity index (χ4v) is 3.18. The van der Waals surface area contributed by atoms with E-state index in [0.717, 1.165) is 4.90 Å². The summed E-state index contributed by atoms with van der Waals surface area (Å²) < 4.78 is 5.22. The number of esters is 1. The predicted molar refractivity (Wildman–Crippen MR) is 106 cm³/mol. The Hall–Kier alpha value is -3.48. The van der Waals surface area contributed by atoms with Crippen molar-refractivity contribution in [3.8, 4) is 0 Å². The molecular weight excluding hydrogens is 372 g/mol. The Bertz CT molecular complexity index is 906. The van der Waals surface area contributed by atoms with Crippen LogP contribution >= 0.6 is 0 Å². The van der Waals surface area contributed by atoms with Gasteiger partial charge in [-0.2, -0.15) is 0 Å². The van der Waals surface area contributed by atoms with Gasteiger partial charge in [-0.05, 0) is 37.6 Å². The minimum absolute atomic E-state index is 0.0000759. The molecule has 7 heteroatoms.